The van der Waals surface area contributed by atoms with Crippen LogP contribution in [0.4, 0.5) is 8.78 Å². The summed E-state index contributed by atoms with van der Waals surface area (Å²) in [6.45, 7) is 11.3. The first-order valence-corrected chi connectivity index (χ1v) is 9.12. The van der Waals surface area contributed by atoms with Gasteiger partial charge in [-0.15, -0.1) is 0 Å². The quantitative estimate of drug-likeness (QED) is 0.562. The third-order valence-corrected chi connectivity index (χ3v) is 4.86. The van der Waals surface area contributed by atoms with Gasteiger partial charge in [-0.25, -0.2) is 8.78 Å². The van der Waals surface area contributed by atoms with Crippen molar-refractivity contribution in [2.75, 3.05) is 27.2 Å². The zero-order valence-corrected chi connectivity index (χ0v) is 16.9. The van der Waals surface area contributed by atoms with Gasteiger partial charge in [-0.2, -0.15) is 0 Å². The predicted octanol–water partition coefficient (Wildman–Crippen LogP) is 5.56. The van der Waals surface area contributed by atoms with Crippen LogP contribution in [0.5, 0.6) is 0 Å². The van der Waals surface area contributed by atoms with Crippen molar-refractivity contribution in [1.82, 2.24) is 4.90 Å². The largest absolute Gasteiger partial charge is 0.376 e. The molecule has 4 heteroatoms. The van der Waals surface area contributed by atoms with Gasteiger partial charge in [-0.3, -0.25) is 0 Å². The normalized spacial score (nSPS) is 13.6. The van der Waals surface area contributed by atoms with Gasteiger partial charge in [0.05, 0.1) is 11.7 Å². The molecular formula is C23H29F2NO. The molecular weight excluding hydrogens is 344 g/mol. The lowest BCUT2D eigenvalue weighted by molar-refractivity contribution is 0.0617. The molecule has 0 spiro atoms. The van der Waals surface area contributed by atoms with Crippen LogP contribution in [0.15, 0.2) is 48.6 Å². The second kappa shape index (κ2) is 9.25. The van der Waals surface area contributed by atoms with E-state index in [1.165, 1.54) is 25.3 Å². The molecule has 0 aromatic heterocycles. The van der Waals surface area contributed by atoms with Gasteiger partial charge in [0.15, 0.2) is 0 Å². The molecule has 0 aliphatic rings. The average molecular weight is 373 g/mol. The Balaban J connectivity index is 2.58. The fourth-order valence-corrected chi connectivity index (χ4v) is 3.88. The van der Waals surface area contributed by atoms with Crippen LogP contribution in [0.3, 0.4) is 0 Å². The predicted molar refractivity (Wildman–Crippen MR) is 107 cm³/mol. The number of halogens is 2. The summed E-state index contributed by atoms with van der Waals surface area (Å²) in [5, 5.41) is 0. The molecule has 146 valence electrons. The summed E-state index contributed by atoms with van der Waals surface area (Å²) in [6.07, 6.45) is -0.737. The number of hydrogen-bond donors (Lipinski definition) is 0. The van der Waals surface area contributed by atoms with Crippen molar-refractivity contribution in [2.45, 2.75) is 32.8 Å². The average Bonchev–Trinajstić information content (AvgIpc) is 2.56. The second-order valence-corrected chi connectivity index (χ2v) is 7.36. The van der Waals surface area contributed by atoms with Crippen molar-refractivity contribution in [2.24, 2.45) is 0 Å². The maximum atomic E-state index is 14.6. The van der Waals surface area contributed by atoms with Crippen molar-refractivity contribution in [1.29, 1.82) is 0 Å². The molecule has 2 atom stereocenters. The highest BCUT2D eigenvalue weighted by molar-refractivity contribution is 5.39. The maximum Gasteiger partial charge on any atom is 0.131 e. The van der Waals surface area contributed by atoms with E-state index in [-0.39, 0.29) is 11.5 Å². The number of likely N-dealkylation sites (N-methyl/N-ethyl adjacent to an activating group) is 1. The number of benzene rings is 2. The molecule has 0 saturated carbocycles. The van der Waals surface area contributed by atoms with Crippen LogP contribution in [0.2, 0.25) is 0 Å². The van der Waals surface area contributed by atoms with Gasteiger partial charge in [0.25, 0.3) is 0 Å². The lowest BCUT2D eigenvalue weighted by Gasteiger charge is -2.33. The van der Waals surface area contributed by atoms with Crippen molar-refractivity contribution in [3.8, 4) is 0 Å². The molecule has 0 radical (unpaired) electrons. The lowest BCUT2D eigenvalue weighted by Crippen LogP contribution is -2.31. The summed E-state index contributed by atoms with van der Waals surface area (Å²) in [5.74, 6) is -1.40. The zero-order chi connectivity index (χ0) is 20.1. The maximum absolute atomic E-state index is 14.6. The van der Waals surface area contributed by atoms with E-state index in [1.54, 1.807) is 0 Å². The Hall–Kier alpha value is -2.04. The molecule has 27 heavy (non-hydrogen) atoms. The van der Waals surface area contributed by atoms with E-state index in [1.807, 2.05) is 46.0 Å². The van der Waals surface area contributed by atoms with E-state index < -0.39 is 17.7 Å². The van der Waals surface area contributed by atoms with Gasteiger partial charge >= 0.3 is 0 Å². The Bertz CT molecular complexity index is 762. The van der Waals surface area contributed by atoms with Gasteiger partial charge in [0.2, 0.25) is 0 Å². The van der Waals surface area contributed by atoms with Crippen LogP contribution in [0.25, 0.3) is 0 Å². The first-order chi connectivity index (χ1) is 12.8. The Morgan fingerprint density at radius 2 is 1.56 bits per heavy atom. The van der Waals surface area contributed by atoms with E-state index >= 15 is 0 Å². The van der Waals surface area contributed by atoms with Crippen LogP contribution in [0, 0.1) is 25.5 Å². The molecule has 0 aliphatic heterocycles. The van der Waals surface area contributed by atoms with Crippen molar-refractivity contribution in [3.63, 3.8) is 0 Å². The minimum atomic E-state index is -0.737. The van der Waals surface area contributed by atoms with E-state index in [0.717, 1.165) is 22.3 Å². The highest BCUT2D eigenvalue weighted by Gasteiger charge is 2.32. The van der Waals surface area contributed by atoms with E-state index in [9.17, 15) is 8.78 Å². The third-order valence-electron chi connectivity index (χ3n) is 4.86. The molecule has 0 bridgehead atoms. The minimum Gasteiger partial charge on any atom is -0.376 e. The highest BCUT2D eigenvalue weighted by atomic mass is 19.1. The van der Waals surface area contributed by atoms with Crippen LogP contribution in [0.1, 0.15) is 41.2 Å². The molecule has 2 aromatic carbocycles. The number of ether oxygens (including phenoxy) is 1. The minimum absolute atomic E-state index is 0.0172. The van der Waals surface area contributed by atoms with Crippen LogP contribution >= 0.6 is 0 Å². The molecule has 2 unspecified atom stereocenters. The van der Waals surface area contributed by atoms with E-state index in [0.29, 0.717) is 13.1 Å². The molecule has 0 aliphatic carbocycles. The fourth-order valence-electron chi connectivity index (χ4n) is 3.88. The fraction of sp³-hybridized carbons (Fsp3) is 0.391. The van der Waals surface area contributed by atoms with Crippen LogP contribution in [-0.2, 0) is 4.74 Å². The number of methoxy groups -OCH3 is 1. The first-order valence-electron chi connectivity index (χ1n) is 9.12. The van der Waals surface area contributed by atoms with Gasteiger partial charge in [0, 0.05) is 26.1 Å². The topological polar surface area (TPSA) is 12.5 Å². The summed E-state index contributed by atoms with van der Waals surface area (Å²) in [7, 11) is 3.50. The monoisotopic (exact) mass is 373 g/mol. The Morgan fingerprint density at radius 3 is 2.04 bits per heavy atom. The lowest BCUT2D eigenvalue weighted by atomic mass is 9.83. The molecule has 2 nitrogen and oxygen atoms in total. The smallest absolute Gasteiger partial charge is 0.131 e. The van der Waals surface area contributed by atoms with Crippen molar-refractivity contribution < 1.29 is 13.5 Å². The van der Waals surface area contributed by atoms with Crippen molar-refractivity contribution >= 4 is 0 Å². The summed E-state index contributed by atoms with van der Waals surface area (Å²) in [6, 6.07) is 9.99. The molecule has 0 amide bonds. The molecule has 2 aromatic rings. The first kappa shape index (κ1) is 21.3. The van der Waals surface area contributed by atoms with Gasteiger partial charge in [0.1, 0.15) is 11.6 Å². The van der Waals surface area contributed by atoms with Crippen molar-refractivity contribution in [3.05, 3.63) is 82.4 Å². The third kappa shape index (κ3) is 5.02. The second-order valence-electron chi connectivity index (χ2n) is 7.36. The molecule has 0 heterocycles. The van der Waals surface area contributed by atoms with Gasteiger partial charge in [-0.1, -0.05) is 36.4 Å². The number of nitrogens with zero attached hydrogens (tertiary/aromatic N) is 1. The van der Waals surface area contributed by atoms with Gasteiger partial charge < -0.3 is 9.64 Å². The molecule has 2 rings (SSSR count). The molecule has 0 N–H and O–H groups in total. The van der Waals surface area contributed by atoms with Gasteiger partial charge in [-0.05, 0) is 56.6 Å². The van der Waals surface area contributed by atoms with Crippen LogP contribution in [-0.4, -0.2) is 32.1 Å². The SMILES string of the molecule is C=C(C)CN(C)CC(c1c(C)cccc1C)C(OC)c1c(F)cccc1F. The van der Waals surface area contributed by atoms with E-state index in [2.05, 4.69) is 11.5 Å². The summed E-state index contributed by atoms with van der Waals surface area (Å²) < 4.78 is 34.8. The Labute approximate surface area is 161 Å². The Morgan fingerprint density at radius 1 is 1.04 bits per heavy atom. The highest BCUT2D eigenvalue weighted by Crippen LogP contribution is 2.39. The number of aryl methyl sites for hydroxylation is 2. The number of hydrogen-bond acceptors (Lipinski definition) is 2. The zero-order valence-electron chi connectivity index (χ0n) is 16.9. The summed E-state index contributed by atoms with van der Waals surface area (Å²) in [5.41, 5.74) is 4.26. The standard InChI is InChI=1S/C23H29F2NO/c1-15(2)13-26(5)14-18(21-16(3)9-7-10-17(21)4)23(27-6)22-19(24)11-8-12-20(22)25/h7-12,18,23H,1,13-14H2,2-6H3. The van der Waals surface area contributed by atoms with Crippen LogP contribution < -0.4 is 0 Å². The Kier molecular flexibility index (Phi) is 7.28. The molecule has 0 fully saturated rings. The van der Waals surface area contributed by atoms with E-state index in [4.69, 9.17) is 4.74 Å². The summed E-state index contributed by atoms with van der Waals surface area (Å²) in [4.78, 5) is 2.11. The summed E-state index contributed by atoms with van der Waals surface area (Å²) >= 11 is 0. The number of rotatable bonds is 8. The molecule has 0 saturated heterocycles.